The molecule has 1 aromatic rings. The normalized spacial score (nSPS) is 12.6. The lowest BCUT2D eigenvalue weighted by Gasteiger charge is -2.28. The van der Waals surface area contributed by atoms with E-state index < -0.39 is 5.97 Å². The molecule has 0 radical (unpaired) electrons. The number of hydrogen-bond acceptors (Lipinski definition) is 2. The molecule has 0 fully saturated rings. The van der Waals surface area contributed by atoms with Crippen LogP contribution in [0.2, 0.25) is 0 Å². The monoisotopic (exact) mass is 235 g/mol. The fraction of sp³-hybridized carbons (Fsp3) is 0.500. The zero-order chi connectivity index (χ0) is 12.7. The first kappa shape index (κ1) is 13.7. The number of carbonyl (C=O) groups is 1. The molecule has 1 aromatic carbocycles. The van der Waals surface area contributed by atoms with Crippen LogP contribution < -0.4 is 0 Å². The summed E-state index contributed by atoms with van der Waals surface area (Å²) in [5.74, 6) is -0.724. The van der Waals surface area contributed by atoms with Gasteiger partial charge in [-0.2, -0.15) is 0 Å². The van der Waals surface area contributed by atoms with E-state index in [-0.39, 0.29) is 12.5 Å². The van der Waals surface area contributed by atoms with Crippen molar-refractivity contribution >= 4 is 5.97 Å². The molecule has 0 spiro atoms. The van der Waals surface area contributed by atoms with E-state index in [2.05, 4.69) is 30.9 Å². The lowest BCUT2D eigenvalue weighted by atomic mass is 10.0. The molecule has 1 rings (SSSR count). The molecule has 1 N–H and O–H groups in total. The Balaban J connectivity index is 2.72. The van der Waals surface area contributed by atoms with E-state index in [1.165, 1.54) is 5.56 Å². The quantitative estimate of drug-likeness (QED) is 0.789. The minimum atomic E-state index is -0.724. The van der Waals surface area contributed by atoms with Gasteiger partial charge in [0.15, 0.2) is 0 Å². The molecule has 0 saturated heterocycles. The van der Waals surface area contributed by atoms with Gasteiger partial charge < -0.3 is 10.0 Å². The molecule has 0 bridgehead atoms. The second-order valence-electron chi connectivity index (χ2n) is 4.16. The number of hydrogen-bond donors (Lipinski definition) is 1. The Kier molecular flexibility index (Phi) is 5.70. The van der Waals surface area contributed by atoms with Crippen molar-refractivity contribution in [2.24, 2.45) is 0 Å². The highest BCUT2D eigenvalue weighted by atomic mass is 16.4. The fourth-order valence-corrected chi connectivity index (χ4v) is 2.16. The summed E-state index contributed by atoms with van der Waals surface area (Å²) in [6, 6.07) is 10.2. The van der Waals surface area contributed by atoms with Crippen molar-refractivity contribution in [3.05, 3.63) is 35.9 Å². The Hall–Kier alpha value is -1.35. The van der Waals surface area contributed by atoms with Crippen molar-refractivity contribution in [1.29, 1.82) is 0 Å². The lowest BCUT2D eigenvalue weighted by molar-refractivity contribution is -0.138. The van der Waals surface area contributed by atoms with Crippen LogP contribution in [0.4, 0.5) is 0 Å². The van der Waals surface area contributed by atoms with Crippen LogP contribution in [0.3, 0.4) is 0 Å². The first-order valence-corrected chi connectivity index (χ1v) is 6.17. The topological polar surface area (TPSA) is 40.5 Å². The number of nitrogens with zero attached hydrogens (tertiary/aromatic N) is 1. The molecule has 0 saturated carbocycles. The summed E-state index contributed by atoms with van der Waals surface area (Å²) in [5.41, 5.74) is 1.20. The summed E-state index contributed by atoms with van der Waals surface area (Å²) in [5, 5.41) is 8.98. The largest absolute Gasteiger partial charge is 0.481 e. The number of carboxylic acids is 1. The lowest BCUT2D eigenvalue weighted by Crippen LogP contribution is -2.38. The molecule has 0 aliphatic heterocycles. The van der Waals surface area contributed by atoms with Crippen LogP contribution in [0.25, 0.3) is 0 Å². The average Bonchev–Trinajstić information content (AvgIpc) is 2.31. The van der Waals surface area contributed by atoms with E-state index in [0.717, 1.165) is 19.5 Å². The molecule has 0 aromatic heterocycles. The highest BCUT2D eigenvalue weighted by Gasteiger charge is 2.19. The molecule has 0 aliphatic rings. The summed E-state index contributed by atoms with van der Waals surface area (Å²) >= 11 is 0. The van der Waals surface area contributed by atoms with E-state index in [1.807, 2.05) is 18.2 Å². The van der Waals surface area contributed by atoms with Gasteiger partial charge in [0.05, 0.1) is 6.42 Å². The maximum absolute atomic E-state index is 10.9. The van der Waals surface area contributed by atoms with Crippen LogP contribution in [0.5, 0.6) is 0 Å². The van der Waals surface area contributed by atoms with Gasteiger partial charge in [0.2, 0.25) is 0 Å². The highest BCUT2D eigenvalue weighted by Crippen LogP contribution is 2.12. The van der Waals surface area contributed by atoms with Crippen LogP contribution in [0.1, 0.15) is 25.8 Å². The van der Waals surface area contributed by atoms with Crippen molar-refractivity contribution < 1.29 is 9.90 Å². The third-order valence-corrected chi connectivity index (χ3v) is 3.05. The fourth-order valence-electron chi connectivity index (χ4n) is 2.16. The molecule has 3 nitrogen and oxygen atoms in total. The smallest absolute Gasteiger partial charge is 0.304 e. The van der Waals surface area contributed by atoms with Crippen LogP contribution in [-0.2, 0) is 11.2 Å². The second kappa shape index (κ2) is 7.07. The van der Waals surface area contributed by atoms with Crippen molar-refractivity contribution in [3.8, 4) is 0 Å². The van der Waals surface area contributed by atoms with Gasteiger partial charge in [0.1, 0.15) is 0 Å². The Morgan fingerprint density at radius 3 is 2.29 bits per heavy atom. The minimum absolute atomic E-state index is 0.0879. The van der Waals surface area contributed by atoms with Crippen LogP contribution in [0.15, 0.2) is 30.3 Å². The summed E-state index contributed by atoms with van der Waals surface area (Å²) in [6.07, 6.45) is 1.01. The number of aliphatic carboxylic acids is 1. The van der Waals surface area contributed by atoms with E-state index in [9.17, 15) is 4.79 Å². The molecule has 0 aliphatic carbocycles. The molecule has 17 heavy (non-hydrogen) atoms. The van der Waals surface area contributed by atoms with Crippen molar-refractivity contribution in [2.45, 2.75) is 32.7 Å². The number of benzene rings is 1. The van der Waals surface area contributed by atoms with E-state index in [0.29, 0.717) is 0 Å². The zero-order valence-electron chi connectivity index (χ0n) is 10.6. The maximum Gasteiger partial charge on any atom is 0.304 e. The Labute approximate surface area is 103 Å². The number of carboxylic acid groups (broad SMARTS) is 1. The Morgan fingerprint density at radius 2 is 1.82 bits per heavy atom. The highest BCUT2D eigenvalue weighted by molar-refractivity contribution is 5.67. The molecule has 3 heteroatoms. The predicted molar refractivity (Wildman–Crippen MR) is 69.1 cm³/mol. The first-order valence-electron chi connectivity index (χ1n) is 6.17. The minimum Gasteiger partial charge on any atom is -0.481 e. The third-order valence-electron chi connectivity index (χ3n) is 3.05. The van der Waals surface area contributed by atoms with E-state index in [4.69, 9.17) is 5.11 Å². The van der Waals surface area contributed by atoms with Crippen molar-refractivity contribution in [1.82, 2.24) is 4.90 Å². The van der Waals surface area contributed by atoms with Gasteiger partial charge in [-0.1, -0.05) is 44.2 Å². The first-order chi connectivity index (χ1) is 8.17. The maximum atomic E-state index is 10.9. The summed E-state index contributed by atoms with van der Waals surface area (Å²) in [7, 11) is 0. The number of rotatable bonds is 7. The molecule has 1 unspecified atom stereocenters. The van der Waals surface area contributed by atoms with Crippen LogP contribution in [0, 0.1) is 0 Å². The summed E-state index contributed by atoms with van der Waals surface area (Å²) < 4.78 is 0. The summed E-state index contributed by atoms with van der Waals surface area (Å²) in [4.78, 5) is 13.1. The molecule has 0 heterocycles. The van der Waals surface area contributed by atoms with E-state index in [1.54, 1.807) is 0 Å². The van der Waals surface area contributed by atoms with Gasteiger partial charge in [-0.25, -0.2) is 0 Å². The molecule has 1 atom stereocenters. The summed E-state index contributed by atoms with van der Waals surface area (Å²) in [6.45, 7) is 5.93. The van der Waals surface area contributed by atoms with Crippen LogP contribution in [-0.4, -0.2) is 35.1 Å². The second-order valence-corrected chi connectivity index (χ2v) is 4.16. The molecule has 0 amide bonds. The van der Waals surface area contributed by atoms with Crippen LogP contribution >= 0.6 is 0 Å². The van der Waals surface area contributed by atoms with E-state index >= 15 is 0 Å². The van der Waals surface area contributed by atoms with Gasteiger partial charge in [0.25, 0.3) is 0 Å². The average molecular weight is 235 g/mol. The Bertz CT molecular complexity index is 333. The van der Waals surface area contributed by atoms with Gasteiger partial charge in [-0.05, 0) is 25.1 Å². The van der Waals surface area contributed by atoms with Gasteiger partial charge >= 0.3 is 5.97 Å². The number of likely N-dealkylation sites (N-methyl/N-ethyl adjacent to an activating group) is 1. The SMILES string of the molecule is CCN(CC)C(CC(=O)O)Cc1ccccc1. The molecular formula is C14H21NO2. The van der Waals surface area contributed by atoms with Gasteiger partial charge in [-0.15, -0.1) is 0 Å². The van der Waals surface area contributed by atoms with Crippen molar-refractivity contribution in [2.75, 3.05) is 13.1 Å². The predicted octanol–water partition coefficient (Wildman–Crippen LogP) is 2.41. The zero-order valence-corrected chi connectivity index (χ0v) is 10.6. The standard InChI is InChI=1S/C14H21NO2/c1-3-15(4-2)13(11-14(16)17)10-12-8-6-5-7-9-12/h5-9,13H,3-4,10-11H2,1-2H3,(H,16,17). The van der Waals surface area contributed by atoms with Gasteiger partial charge in [0, 0.05) is 6.04 Å². The molecule has 94 valence electrons. The van der Waals surface area contributed by atoms with Crippen molar-refractivity contribution in [3.63, 3.8) is 0 Å². The Morgan fingerprint density at radius 1 is 1.24 bits per heavy atom. The van der Waals surface area contributed by atoms with Gasteiger partial charge in [-0.3, -0.25) is 4.79 Å². The third kappa shape index (κ3) is 4.57. The molecular weight excluding hydrogens is 214 g/mol.